The molecule has 0 aliphatic carbocycles. The number of rotatable bonds is 2. The van der Waals surface area contributed by atoms with Gasteiger partial charge in [0.2, 0.25) is 5.78 Å². The Bertz CT molecular complexity index is 507. The lowest BCUT2D eigenvalue weighted by Crippen LogP contribution is -2.06. The number of aryl methyl sites for hydroxylation is 1. The minimum absolute atomic E-state index is 0.112. The average molecular weight is 221 g/mol. The number of ketones is 1. The van der Waals surface area contributed by atoms with Crippen LogP contribution in [-0.4, -0.2) is 10.8 Å². The van der Waals surface area contributed by atoms with Gasteiger partial charge in [-0.2, -0.15) is 0 Å². The van der Waals surface area contributed by atoms with Gasteiger partial charge in [0, 0.05) is 16.6 Å². The van der Waals surface area contributed by atoms with Crippen LogP contribution >= 0.6 is 11.3 Å². The van der Waals surface area contributed by atoms with Crippen molar-refractivity contribution in [3.05, 3.63) is 51.7 Å². The van der Waals surface area contributed by atoms with Crippen molar-refractivity contribution in [1.82, 2.24) is 4.98 Å². The summed E-state index contributed by atoms with van der Waals surface area (Å²) in [5.41, 5.74) is 0.414. The maximum Gasteiger partial charge on any atom is 0.215 e. The summed E-state index contributed by atoms with van der Waals surface area (Å²) in [4.78, 5) is 16.5. The van der Waals surface area contributed by atoms with Crippen LogP contribution in [-0.2, 0) is 0 Å². The third kappa shape index (κ3) is 1.80. The molecule has 0 spiro atoms. The third-order valence-corrected chi connectivity index (χ3v) is 2.92. The largest absolute Gasteiger partial charge is 0.287 e. The summed E-state index contributed by atoms with van der Waals surface area (Å²) < 4.78 is 13.3. The van der Waals surface area contributed by atoms with Crippen molar-refractivity contribution in [2.75, 3.05) is 0 Å². The van der Waals surface area contributed by atoms with Crippen LogP contribution in [0.15, 0.2) is 29.8 Å². The molecule has 0 aliphatic rings. The second kappa shape index (κ2) is 3.90. The van der Waals surface area contributed by atoms with E-state index in [1.165, 1.54) is 29.7 Å². The van der Waals surface area contributed by atoms with Gasteiger partial charge in [0.15, 0.2) is 5.82 Å². The molecule has 4 heteroatoms. The van der Waals surface area contributed by atoms with Crippen molar-refractivity contribution in [2.24, 2.45) is 0 Å². The van der Waals surface area contributed by atoms with Gasteiger partial charge in [-0.15, -0.1) is 11.3 Å². The summed E-state index contributed by atoms with van der Waals surface area (Å²) >= 11 is 1.46. The molecule has 0 atom stereocenters. The molecule has 2 aromatic rings. The highest BCUT2D eigenvalue weighted by molar-refractivity contribution is 7.10. The van der Waals surface area contributed by atoms with Crippen molar-refractivity contribution in [1.29, 1.82) is 0 Å². The number of pyridine rings is 1. The third-order valence-electron chi connectivity index (χ3n) is 2.08. The van der Waals surface area contributed by atoms with Gasteiger partial charge in [0.1, 0.15) is 5.69 Å². The second-order valence-corrected chi connectivity index (χ2v) is 4.17. The topological polar surface area (TPSA) is 30.0 Å². The zero-order valence-electron chi connectivity index (χ0n) is 8.03. The van der Waals surface area contributed by atoms with Crippen molar-refractivity contribution < 1.29 is 9.18 Å². The number of carbonyl (C=O) groups excluding carboxylic acids is 1. The molecule has 76 valence electrons. The zero-order valence-corrected chi connectivity index (χ0v) is 8.84. The fourth-order valence-electron chi connectivity index (χ4n) is 1.30. The molecule has 2 heterocycles. The van der Waals surface area contributed by atoms with Gasteiger partial charge >= 0.3 is 0 Å². The molecular weight excluding hydrogens is 213 g/mol. The summed E-state index contributed by atoms with van der Waals surface area (Å²) in [6.45, 7) is 1.83. The summed E-state index contributed by atoms with van der Waals surface area (Å²) in [5, 5.41) is 1.81. The molecule has 0 unspecified atom stereocenters. The predicted molar refractivity (Wildman–Crippen MR) is 56.7 cm³/mol. The molecular formula is C11H8FNOS. The smallest absolute Gasteiger partial charge is 0.215 e. The first-order chi connectivity index (χ1) is 7.20. The van der Waals surface area contributed by atoms with Crippen molar-refractivity contribution >= 4 is 17.1 Å². The van der Waals surface area contributed by atoms with Crippen molar-refractivity contribution in [2.45, 2.75) is 6.92 Å². The number of halogens is 1. The van der Waals surface area contributed by atoms with E-state index in [1.54, 1.807) is 6.07 Å². The molecule has 15 heavy (non-hydrogen) atoms. The maximum atomic E-state index is 13.3. The highest BCUT2D eigenvalue weighted by Gasteiger charge is 2.17. The first-order valence-electron chi connectivity index (χ1n) is 4.39. The summed E-state index contributed by atoms with van der Waals surface area (Å²) in [6, 6.07) is 4.39. The molecule has 2 aromatic heterocycles. The Balaban J connectivity index is 2.46. The molecule has 0 saturated heterocycles. The number of hydrogen-bond donors (Lipinski definition) is 0. The quantitative estimate of drug-likeness (QED) is 0.730. The Hall–Kier alpha value is -1.55. The Morgan fingerprint density at radius 2 is 2.27 bits per heavy atom. The van der Waals surface area contributed by atoms with Gasteiger partial charge in [-0.1, -0.05) is 0 Å². The minimum atomic E-state index is -0.576. The molecule has 0 amide bonds. The number of aromatic nitrogens is 1. The van der Waals surface area contributed by atoms with Crippen molar-refractivity contribution in [3.63, 3.8) is 0 Å². The molecule has 0 aliphatic heterocycles. The van der Waals surface area contributed by atoms with Gasteiger partial charge in [-0.05, 0) is 30.5 Å². The van der Waals surface area contributed by atoms with Gasteiger partial charge in [-0.25, -0.2) is 9.37 Å². The highest BCUT2D eigenvalue weighted by atomic mass is 32.1. The highest BCUT2D eigenvalue weighted by Crippen LogP contribution is 2.19. The van der Waals surface area contributed by atoms with E-state index in [0.29, 0.717) is 5.56 Å². The molecule has 0 radical (unpaired) electrons. The van der Waals surface area contributed by atoms with E-state index >= 15 is 0 Å². The van der Waals surface area contributed by atoms with E-state index < -0.39 is 5.82 Å². The average Bonchev–Trinajstić information content (AvgIpc) is 2.64. The lowest BCUT2D eigenvalue weighted by molar-refractivity contribution is 0.103. The zero-order chi connectivity index (χ0) is 10.8. The standard InChI is InChI=1S/C11H8FNOS/c1-7-8(4-6-15-7)11(14)10-9(12)3-2-5-13-10/h2-6H,1H3. The number of thiophene rings is 1. The minimum Gasteiger partial charge on any atom is -0.287 e. The van der Waals surface area contributed by atoms with E-state index in [2.05, 4.69) is 4.98 Å². The van der Waals surface area contributed by atoms with Crippen LogP contribution in [0.4, 0.5) is 4.39 Å². The van der Waals surface area contributed by atoms with Gasteiger partial charge < -0.3 is 0 Å². The van der Waals surface area contributed by atoms with Crippen molar-refractivity contribution in [3.8, 4) is 0 Å². The normalized spacial score (nSPS) is 10.3. The summed E-state index contributed by atoms with van der Waals surface area (Å²) in [7, 11) is 0. The fraction of sp³-hybridized carbons (Fsp3) is 0.0909. The fourth-order valence-corrected chi connectivity index (χ4v) is 2.00. The Labute approximate surface area is 90.4 Å². The lowest BCUT2D eigenvalue weighted by Gasteiger charge is -1.99. The molecule has 0 fully saturated rings. The van der Waals surface area contributed by atoms with E-state index in [-0.39, 0.29) is 11.5 Å². The van der Waals surface area contributed by atoms with E-state index in [4.69, 9.17) is 0 Å². The van der Waals surface area contributed by atoms with Gasteiger partial charge in [0.25, 0.3) is 0 Å². The monoisotopic (exact) mass is 221 g/mol. The van der Waals surface area contributed by atoms with Crippen LogP contribution in [0.25, 0.3) is 0 Å². The Kier molecular flexibility index (Phi) is 2.60. The number of nitrogens with zero attached hydrogens (tertiary/aromatic N) is 1. The van der Waals surface area contributed by atoms with E-state index in [0.717, 1.165) is 4.88 Å². The maximum absolute atomic E-state index is 13.3. The second-order valence-electron chi connectivity index (χ2n) is 3.05. The molecule has 0 aromatic carbocycles. The predicted octanol–water partition coefficient (Wildman–Crippen LogP) is 2.82. The Morgan fingerprint density at radius 1 is 1.47 bits per heavy atom. The number of hydrogen-bond acceptors (Lipinski definition) is 3. The lowest BCUT2D eigenvalue weighted by atomic mass is 10.1. The SMILES string of the molecule is Cc1sccc1C(=O)c1ncccc1F. The van der Waals surface area contributed by atoms with Crippen LogP contribution in [0, 0.1) is 12.7 Å². The summed E-state index contributed by atoms with van der Waals surface area (Å²) in [5.74, 6) is -0.931. The van der Waals surface area contributed by atoms with Gasteiger partial charge in [0.05, 0.1) is 0 Å². The summed E-state index contributed by atoms with van der Waals surface area (Å²) in [6.07, 6.45) is 1.41. The molecule has 2 nitrogen and oxygen atoms in total. The van der Waals surface area contributed by atoms with Crippen LogP contribution in [0.2, 0.25) is 0 Å². The molecule has 0 saturated carbocycles. The van der Waals surface area contributed by atoms with E-state index in [1.807, 2.05) is 12.3 Å². The molecule has 0 N–H and O–H groups in total. The first kappa shape index (κ1) is 9.98. The van der Waals surface area contributed by atoms with Crippen LogP contribution < -0.4 is 0 Å². The van der Waals surface area contributed by atoms with E-state index in [9.17, 15) is 9.18 Å². The number of carbonyl (C=O) groups is 1. The van der Waals surface area contributed by atoms with Crippen LogP contribution in [0.1, 0.15) is 20.9 Å². The van der Waals surface area contributed by atoms with Crippen LogP contribution in [0.3, 0.4) is 0 Å². The Morgan fingerprint density at radius 3 is 2.87 bits per heavy atom. The first-order valence-corrected chi connectivity index (χ1v) is 5.27. The molecule has 2 rings (SSSR count). The van der Waals surface area contributed by atoms with Gasteiger partial charge in [-0.3, -0.25) is 4.79 Å². The van der Waals surface area contributed by atoms with Crippen LogP contribution in [0.5, 0.6) is 0 Å². The molecule has 0 bridgehead atoms.